The number of carbonyl (C=O) groups is 3. The van der Waals surface area contributed by atoms with E-state index in [0.717, 1.165) is 32.1 Å². The van der Waals surface area contributed by atoms with Crippen molar-refractivity contribution in [2.24, 2.45) is 5.41 Å². The maximum absolute atomic E-state index is 12.9. The van der Waals surface area contributed by atoms with Gasteiger partial charge in [-0.2, -0.15) is 0 Å². The molecule has 0 bridgehead atoms. The minimum atomic E-state index is -0.791. The highest BCUT2D eigenvalue weighted by Crippen LogP contribution is 2.26. The van der Waals surface area contributed by atoms with Gasteiger partial charge in [-0.25, -0.2) is 0 Å². The minimum absolute atomic E-state index is 0.171. The van der Waals surface area contributed by atoms with E-state index >= 15 is 0 Å². The molecule has 0 N–H and O–H groups in total. The molecule has 1 aromatic carbocycles. The zero-order chi connectivity index (χ0) is 17.0. The molecule has 0 aromatic heterocycles. The molecule has 4 nitrogen and oxygen atoms in total. The number of Topliss-reactive ketones (excluding diaryl/α,β-unsaturated/α-hetero) is 1. The molecule has 0 atom stereocenters. The van der Waals surface area contributed by atoms with Crippen molar-refractivity contribution >= 4 is 17.6 Å². The zero-order valence-electron chi connectivity index (χ0n) is 14.2. The fraction of sp³-hybridized carbons (Fsp3) is 0.526. The lowest BCUT2D eigenvalue weighted by Gasteiger charge is -2.33. The summed E-state index contributed by atoms with van der Waals surface area (Å²) >= 11 is 0. The van der Waals surface area contributed by atoms with Gasteiger partial charge in [-0.05, 0) is 25.0 Å². The number of nitrogens with zero attached hydrogens (tertiary/aromatic N) is 1. The summed E-state index contributed by atoms with van der Waals surface area (Å²) < 4.78 is 0. The molecule has 1 aromatic rings. The Morgan fingerprint density at radius 1 is 0.957 bits per heavy atom. The summed E-state index contributed by atoms with van der Waals surface area (Å²) in [6, 6.07) is 8.56. The normalized spacial score (nSPS) is 16.0. The first-order valence-electron chi connectivity index (χ1n) is 8.29. The monoisotopic (exact) mass is 315 g/mol. The number of carbonyl (C=O) groups excluding carboxylic acids is 3. The molecule has 0 radical (unpaired) electrons. The van der Waals surface area contributed by atoms with E-state index in [1.54, 1.807) is 45.0 Å². The van der Waals surface area contributed by atoms with E-state index in [-0.39, 0.29) is 11.9 Å². The molecule has 0 heterocycles. The second-order valence-corrected chi connectivity index (χ2v) is 7.22. The molecule has 0 aliphatic heterocycles. The topological polar surface area (TPSA) is 54.5 Å². The summed E-state index contributed by atoms with van der Waals surface area (Å²) in [6.45, 7) is 5.12. The highest BCUT2D eigenvalue weighted by atomic mass is 16.2. The molecule has 1 saturated carbocycles. The van der Waals surface area contributed by atoms with Crippen LogP contribution >= 0.6 is 0 Å². The van der Waals surface area contributed by atoms with Crippen LogP contribution in [0.1, 0.15) is 63.2 Å². The Bertz CT molecular complexity index is 580. The summed E-state index contributed by atoms with van der Waals surface area (Å²) in [5.41, 5.74) is -0.339. The van der Waals surface area contributed by atoms with Crippen LogP contribution in [0.4, 0.5) is 0 Å². The molecule has 1 aliphatic rings. The number of imide groups is 1. The fourth-order valence-electron chi connectivity index (χ4n) is 2.91. The Hall–Kier alpha value is -1.97. The Balaban J connectivity index is 2.33. The van der Waals surface area contributed by atoms with Crippen molar-refractivity contribution in [3.05, 3.63) is 35.9 Å². The van der Waals surface area contributed by atoms with Gasteiger partial charge >= 0.3 is 0 Å². The quantitative estimate of drug-likeness (QED) is 0.801. The maximum Gasteiger partial charge on any atom is 0.297 e. The van der Waals surface area contributed by atoms with Gasteiger partial charge in [0.05, 0.1) is 0 Å². The lowest BCUT2D eigenvalue weighted by molar-refractivity contribution is -0.148. The molecule has 124 valence electrons. The molecule has 1 fully saturated rings. The third-order valence-corrected chi connectivity index (χ3v) is 4.27. The number of rotatable bonds is 3. The van der Waals surface area contributed by atoms with Crippen molar-refractivity contribution < 1.29 is 14.4 Å². The van der Waals surface area contributed by atoms with E-state index in [2.05, 4.69) is 0 Å². The Morgan fingerprint density at radius 2 is 1.52 bits per heavy atom. The molecule has 0 spiro atoms. The average molecular weight is 315 g/mol. The predicted molar refractivity (Wildman–Crippen MR) is 89.0 cm³/mol. The van der Waals surface area contributed by atoms with Gasteiger partial charge in [0.1, 0.15) is 0 Å². The van der Waals surface area contributed by atoms with Crippen molar-refractivity contribution in [1.82, 2.24) is 4.90 Å². The van der Waals surface area contributed by atoms with Gasteiger partial charge < -0.3 is 0 Å². The van der Waals surface area contributed by atoms with Crippen molar-refractivity contribution in [3.63, 3.8) is 0 Å². The van der Waals surface area contributed by atoms with E-state index in [0.29, 0.717) is 5.56 Å². The van der Waals surface area contributed by atoms with E-state index in [4.69, 9.17) is 0 Å². The first-order valence-corrected chi connectivity index (χ1v) is 8.29. The Morgan fingerprint density at radius 3 is 2.04 bits per heavy atom. The molecular weight excluding hydrogens is 290 g/mol. The standard InChI is InChI=1S/C19H25NO3/c1-19(2,3)16(21)18(23)20(15-12-8-5-9-13-15)17(22)14-10-6-4-7-11-14/h4,6-7,10-11,15H,5,8-9,12-13H2,1-3H3. The van der Waals surface area contributed by atoms with E-state index in [1.165, 1.54) is 4.90 Å². The largest absolute Gasteiger partial charge is 0.297 e. The lowest BCUT2D eigenvalue weighted by atomic mass is 9.88. The molecular formula is C19H25NO3. The van der Waals surface area contributed by atoms with Crippen LogP contribution in [0.15, 0.2) is 30.3 Å². The highest BCUT2D eigenvalue weighted by Gasteiger charge is 2.39. The highest BCUT2D eigenvalue weighted by molar-refractivity contribution is 6.40. The second-order valence-electron chi connectivity index (χ2n) is 7.22. The molecule has 2 rings (SSSR count). The van der Waals surface area contributed by atoms with Gasteiger partial charge in [0.25, 0.3) is 11.8 Å². The van der Waals surface area contributed by atoms with Gasteiger partial charge in [0.2, 0.25) is 5.78 Å². The van der Waals surface area contributed by atoms with Crippen LogP contribution in [-0.4, -0.2) is 28.5 Å². The Labute approximate surface area is 137 Å². The van der Waals surface area contributed by atoms with Crippen LogP contribution in [-0.2, 0) is 9.59 Å². The summed E-state index contributed by atoms with van der Waals surface area (Å²) in [6.07, 6.45) is 4.65. The van der Waals surface area contributed by atoms with Crippen LogP contribution in [0, 0.1) is 5.41 Å². The van der Waals surface area contributed by atoms with Crippen molar-refractivity contribution in [3.8, 4) is 0 Å². The maximum atomic E-state index is 12.9. The third kappa shape index (κ3) is 4.06. The first kappa shape index (κ1) is 17.4. The van der Waals surface area contributed by atoms with E-state index in [9.17, 15) is 14.4 Å². The van der Waals surface area contributed by atoms with Crippen LogP contribution < -0.4 is 0 Å². The zero-order valence-corrected chi connectivity index (χ0v) is 14.2. The third-order valence-electron chi connectivity index (χ3n) is 4.27. The molecule has 1 aliphatic carbocycles. The van der Waals surface area contributed by atoms with Crippen LogP contribution in [0.2, 0.25) is 0 Å². The SMILES string of the molecule is CC(C)(C)C(=O)C(=O)N(C(=O)c1ccccc1)C1CCCCC1. The van der Waals surface area contributed by atoms with Gasteiger partial charge in [-0.1, -0.05) is 58.2 Å². The van der Waals surface area contributed by atoms with Crippen molar-refractivity contribution in [2.45, 2.75) is 58.9 Å². The number of hydrogen-bond acceptors (Lipinski definition) is 3. The molecule has 0 unspecified atom stereocenters. The van der Waals surface area contributed by atoms with Gasteiger partial charge in [-0.3, -0.25) is 19.3 Å². The van der Waals surface area contributed by atoms with Crippen LogP contribution in [0.25, 0.3) is 0 Å². The smallest absolute Gasteiger partial charge is 0.288 e. The van der Waals surface area contributed by atoms with Crippen molar-refractivity contribution in [1.29, 1.82) is 0 Å². The summed E-state index contributed by atoms with van der Waals surface area (Å²) in [5.74, 6) is -1.54. The predicted octanol–water partition coefficient (Wildman–Crippen LogP) is 3.60. The molecule has 2 amide bonds. The van der Waals surface area contributed by atoms with Gasteiger partial charge in [0.15, 0.2) is 0 Å². The first-order chi connectivity index (χ1) is 10.8. The average Bonchev–Trinajstić information content (AvgIpc) is 2.55. The van der Waals surface area contributed by atoms with Crippen molar-refractivity contribution in [2.75, 3.05) is 0 Å². The number of hydrogen-bond donors (Lipinski definition) is 0. The van der Waals surface area contributed by atoms with E-state index in [1.807, 2.05) is 6.07 Å². The number of ketones is 1. The summed E-state index contributed by atoms with van der Waals surface area (Å²) in [4.78, 5) is 39.3. The molecule has 23 heavy (non-hydrogen) atoms. The van der Waals surface area contributed by atoms with Gasteiger partial charge in [-0.15, -0.1) is 0 Å². The minimum Gasteiger partial charge on any atom is -0.288 e. The van der Waals surface area contributed by atoms with Gasteiger partial charge in [0, 0.05) is 17.0 Å². The van der Waals surface area contributed by atoms with E-state index < -0.39 is 17.1 Å². The second kappa shape index (κ2) is 7.07. The summed E-state index contributed by atoms with van der Waals surface area (Å²) in [5, 5.41) is 0. The number of benzene rings is 1. The lowest BCUT2D eigenvalue weighted by Crippen LogP contribution is -2.50. The molecule has 4 heteroatoms. The fourth-order valence-corrected chi connectivity index (χ4v) is 2.91. The number of amides is 2. The molecule has 0 saturated heterocycles. The Kier molecular flexibility index (Phi) is 5.34. The summed E-state index contributed by atoms with van der Waals surface area (Å²) in [7, 11) is 0. The van der Waals surface area contributed by atoms with Crippen LogP contribution in [0.5, 0.6) is 0 Å². The van der Waals surface area contributed by atoms with Crippen LogP contribution in [0.3, 0.4) is 0 Å².